The summed E-state index contributed by atoms with van der Waals surface area (Å²) in [4.78, 5) is 0. The first-order valence-electron chi connectivity index (χ1n) is 8.69. The normalized spacial score (nSPS) is 27.3. The monoisotopic (exact) mass is 461 g/mol. The Kier molecular flexibility index (Phi) is 8.31. The summed E-state index contributed by atoms with van der Waals surface area (Å²) in [7, 11) is 0. The number of phenolic OH excluding ortho intramolecular Hbond substituents is 1. The summed E-state index contributed by atoms with van der Waals surface area (Å²) >= 11 is 7.44. The van der Waals surface area contributed by atoms with Crippen molar-refractivity contribution in [3.63, 3.8) is 0 Å². The van der Waals surface area contributed by atoms with Gasteiger partial charge in [-0.2, -0.15) is 0 Å². The van der Waals surface area contributed by atoms with E-state index >= 15 is 0 Å². The van der Waals surface area contributed by atoms with Crippen molar-refractivity contribution in [1.82, 2.24) is 0 Å². The number of thioether (sulfide) groups is 1. The average molecular weight is 462 g/mol. The van der Waals surface area contributed by atoms with Crippen LogP contribution in [0.5, 0.6) is 5.75 Å². The van der Waals surface area contributed by atoms with Gasteiger partial charge in [-0.1, -0.05) is 41.4 Å². The van der Waals surface area contributed by atoms with Gasteiger partial charge < -0.3 is 25.5 Å². The zero-order valence-corrected chi connectivity index (χ0v) is 18.2. The molecule has 0 aliphatic carbocycles. The van der Waals surface area contributed by atoms with Crippen LogP contribution in [0, 0.1) is 6.92 Å². The first-order chi connectivity index (χ1) is 12.8. The van der Waals surface area contributed by atoms with E-state index in [0.29, 0.717) is 17.0 Å². The molecular weight excluding hydrogens is 439 g/mol. The molecule has 1 aliphatic rings. The Morgan fingerprint density at radius 2 is 1.64 bits per heavy atom. The molecule has 0 spiro atoms. The molecule has 5 N–H and O–H groups in total. The summed E-state index contributed by atoms with van der Waals surface area (Å²) in [6, 6.07) is 11.2. The van der Waals surface area contributed by atoms with Crippen LogP contribution in [0.4, 0.5) is 0 Å². The largest absolute Gasteiger partial charge is 0.508 e. The second kappa shape index (κ2) is 9.87. The predicted molar refractivity (Wildman–Crippen MR) is 106 cm³/mol. The molecule has 0 amide bonds. The second-order valence-electron chi connectivity index (χ2n) is 6.91. The molecule has 5 nitrogen and oxygen atoms in total. The Morgan fingerprint density at radius 1 is 1.00 bits per heavy atom. The standard InChI is InChI=1S/C20H23ClO5S.V/c1-10-2-4-11(5-3-10)6-12-7-13(15(23)8-14(12)21)20-19(26)18(25)17(24)16(9-22)27-20;/h2-5,7-8,16-20,22-26H,6,9H2,1H3;/t16-,17-,18+,19-,20+;/m1./s1. The summed E-state index contributed by atoms with van der Waals surface area (Å²) in [5, 5.41) is 49.4. The van der Waals surface area contributed by atoms with Crippen LogP contribution in [0.25, 0.3) is 0 Å². The predicted octanol–water partition coefficient (Wildman–Crippen LogP) is 2.17. The van der Waals surface area contributed by atoms with Gasteiger partial charge in [-0.3, -0.25) is 0 Å². The fraction of sp³-hybridized carbons (Fsp3) is 0.400. The average Bonchev–Trinajstić information content (AvgIpc) is 2.64. The van der Waals surface area contributed by atoms with Crippen molar-refractivity contribution in [2.45, 2.75) is 42.2 Å². The van der Waals surface area contributed by atoms with E-state index in [4.69, 9.17) is 11.6 Å². The van der Waals surface area contributed by atoms with E-state index in [2.05, 4.69) is 0 Å². The Labute approximate surface area is 185 Å². The van der Waals surface area contributed by atoms with Gasteiger partial charge in [0.05, 0.1) is 29.3 Å². The van der Waals surface area contributed by atoms with Crippen molar-refractivity contribution >= 4 is 23.4 Å². The van der Waals surface area contributed by atoms with Crippen molar-refractivity contribution in [3.8, 4) is 5.75 Å². The number of aliphatic hydroxyl groups excluding tert-OH is 4. The third-order valence-corrected chi connectivity index (χ3v) is 6.87. The summed E-state index contributed by atoms with van der Waals surface area (Å²) in [5.41, 5.74) is 3.41. The van der Waals surface area contributed by atoms with Crippen LogP contribution in [-0.4, -0.2) is 55.7 Å². The number of benzene rings is 2. The zero-order chi connectivity index (χ0) is 19.7. The summed E-state index contributed by atoms with van der Waals surface area (Å²) < 4.78 is 0. The molecule has 1 heterocycles. The van der Waals surface area contributed by atoms with Gasteiger partial charge in [-0.25, -0.2) is 0 Å². The molecule has 5 atom stereocenters. The molecule has 0 unspecified atom stereocenters. The number of aromatic hydroxyl groups is 1. The molecule has 0 saturated carbocycles. The molecule has 1 fully saturated rings. The molecule has 2 aromatic carbocycles. The maximum Gasteiger partial charge on any atom is 0.121 e. The molecule has 0 aromatic heterocycles. The quantitative estimate of drug-likeness (QED) is 0.478. The van der Waals surface area contributed by atoms with Crippen LogP contribution < -0.4 is 0 Å². The molecule has 28 heavy (non-hydrogen) atoms. The van der Waals surface area contributed by atoms with Gasteiger partial charge >= 0.3 is 0 Å². The van der Waals surface area contributed by atoms with E-state index in [-0.39, 0.29) is 30.9 Å². The van der Waals surface area contributed by atoms with E-state index in [1.165, 1.54) is 6.07 Å². The molecule has 8 heteroatoms. The molecule has 151 valence electrons. The maximum atomic E-state index is 10.4. The van der Waals surface area contributed by atoms with Gasteiger partial charge in [-0.15, -0.1) is 11.8 Å². The van der Waals surface area contributed by atoms with Crippen LogP contribution in [0.15, 0.2) is 36.4 Å². The van der Waals surface area contributed by atoms with Crippen LogP contribution in [-0.2, 0) is 25.0 Å². The van der Waals surface area contributed by atoms with Gasteiger partial charge in [0.2, 0.25) is 0 Å². The second-order valence-corrected chi connectivity index (χ2v) is 8.71. The van der Waals surface area contributed by atoms with E-state index in [9.17, 15) is 25.5 Å². The van der Waals surface area contributed by atoms with Crippen molar-refractivity contribution in [1.29, 1.82) is 0 Å². The van der Waals surface area contributed by atoms with Crippen LogP contribution in [0.1, 0.15) is 27.5 Å². The number of hydrogen-bond donors (Lipinski definition) is 5. The molecule has 3 rings (SSSR count). The van der Waals surface area contributed by atoms with Gasteiger partial charge in [0.25, 0.3) is 0 Å². The van der Waals surface area contributed by atoms with Crippen molar-refractivity contribution < 1.29 is 44.1 Å². The minimum absolute atomic E-state index is 0. The molecule has 1 saturated heterocycles. The van der Waals surface area contributed by atoms with Crippen molar-refractivity contribution in [2.75, 3.05) is 6.61 Å². The van der Waals surface area contributed by atoms with Gasteiger partial charge in [0.1, 0.15) is 11.9 Å². The fourth-order valence-electron chi connectivity index (χ4n) is 3.27. The van der Waals surface area contributed by atoms with Gasteiger partial charge in [-0.05, 0) is 36.6 Å². The van der Waals surface area contributed by atoms with E-state index in [0.717, 1.165) is 28.5 Å². The fourth-order valence-corrected chi connectivity index (χ4v) is 4.94. The summed E-state index contributed by atoms with van der Waals surface area (Å²) in [5.74, 6) is -0.0931. The van der Waals surface area contributed by atoms with Crippen LogP contribution in [0.3, 0.4) is 0 Å². The smallest absolute Gasteiger partial charge is 0.121 e. The van der Waals surface area contributed by atoms with Gasteiger partial charge in [0, 0.05) is 29.1 Å². The number of phenols is 1. The van der Waals surface area contributed by atoms with Crippen LogP contribution >= 0.6 is 23.4 Å². The van der Waals surface area contributed by atoms with Crippen molar-refractivity contribution in [3.05, 3.63) is 63.7 Å². The number of aryl methyl sites for hydroxylation is 1. The Hall–Kier alpha value is -0.696. The summed E-state index contributed by atoms with van der Waals surface area (Å²) in [6.07, 6.45) is -3.39. The Balaban J connectivity index is 0.00000280. The maximum absolute atomic E-state index is 10.4. The Morgan fingerprint density at radius 3 is 2.25 bits per heavy atom. The van der Waals surface area contributed by atoms with Crippen LogP contribution in [0.2, 0.25) is 5.02 Å². The molecule has 2 aromatic rings. The first kappa shape index (κ1) is 23.6. The number of halogens is 1. The molecule has 1 radical (unpaired) electrons. The number of hydrogen-bond acceptors (Lipinski definition) is 6. The van der Waals surface area contributed by atoms with E-state index < -0.39 is 28.8 Å². The van der Waals surface area contributed by atoms with E-state index in [1.807, 2.05) is 31.2 Å². The third-order valence-electron chi connectivity index (χ3n) is 4.91. The molecule has 0 bridgehead atoms. The number of aliphatic hydroxyl groups is 4. The summed E-state index contributed by atoms with van der Waals surface area (Å²) in [6.45, 7) is 1.66. The topological polar surface area (TPSA) is 101 Å². The number of rotatable bonds is 4. The third kappa shape index (κ3) is 4.89. The SMILES string of the molecule is Cc1ccc(Cc2cc([C@@H]3S[C@H](CO)[C@@H](O)[C@H](O)[C@H]3O)c(O)cc2Cl)cc1.[V]. The minimum Gasteiger partial charge on any atom is -0.508 e. The zero-order valence-electron chi connectivity index (χ0n) is 15.2. The van der Waals surface area contributed by atoms with E-state index in [1.54, 1.807) is 6.07 Å². The molecular formula is C20H23ClO5SV. The molecule has 1 aliphatic heterocycles. The Bertz CT molecular complexity index is 802. The van der Waals surface area contributed by atoms with Gasteiger partial charge in [0.15, 0.2) is 0 Å². The first-order valence-corrected chi connectivity index (χ1v) is 10.0. The van der Waals surface area contributed by atoms with Crippen molar-refractivity contribution in [2.24, 2.45) is 0 Å². The minimum atomic E-state index is -1.41.